The fraction of sp³-hybridized carbons (Fsp3) is 0.556. The predicted molar refractivity (Wildman–Crippen MR) is 49.7 cm³/mol. The second-order valence-electron chi connectivity index (χ2n) is 3.53. The van der Waals surface area contributed by atoms with Crippen LogP contribution < -0.4 is 0 Å². The number of β-amino-alcohol motifs (C(OH)–C–C–N with tert-alkyl or cyclic N) is 1. The maximum atomic E-state index is 11.8. The van der Waals surface area contributed by atoms with E-state index in [-0.39, 0.29) is 12.0 Å². The largest absolute Gasteiger partial charge is 0.391 e. The zero-order chi connectivity index (χ0) is 9.97. The number of nitrogens with one attached hydrogen (secondary N) is 1. The van der Waals surface area contributed by atoms with Crippen LogP contribution in [-0.4, -0.2) is 45.3 Å². The van der Waals surface area contributed by atoms with E-state index in [0.717, 1.165) is 19.4 Å². The van der Waals surface area contributed by atoms with Crippen LogP contribution in [0.2, 0.25) is 0 Å². The third-order valence-corrected chi connectivity index (χ3v) is 2.43. The summed E-state index contributed by atoms with van der Waals surface area (Å²) in [7, 11) is 0. The maximum absolute atomic E-state index is 11.8. The summed E-state index contributed by atoms with van der Waals surface area (Å²) in [5, 5.41) is 15.7. The lowest BCUT2D eigenvalue weighted by atomic mass is 10.1. The number of aliphatic hydroxyl groups is 1. The summed E-state index contributed by atoms with van der Waals surface area (Å²) < 4.78 is 0. The van der Waals surface area contributed by atoms with Crippen LogP contribution in [0.25, 0.3) is 0 Å². The topological polar surface area (TPSA) is 69.2 Å². The number of H-pyrrole nitrogens is 1. The average Bonchev–Trinajstić information content (AvgIpc) is 2.69. The Kier molecular flexibility index (Phi) is 2.49. The van der Waals surface area contributed by atoms with E-state index in [4.69, 9.17) is 0 Å². The molecule has 1 aromatic rings. The monoisotopic (exact) mass is 195 g/mol. The molecule has 1 aromatic heterocycles. The van der Waals surface area contributed by atoms with Gasteiger partial charge in [0.2, 0.25) is 0 Å². The van der Waals surface area contributed by atoms with Crippen LogP contribution in [0.1, 0.15) is 23.2 Å². The highest BCUT2D eigenvalue weighted by Crippen LogP contribution is 2.12. The summed E-state index contributed by atoms with van der Waals surface area (Å²) in [6, 6.07) is 0. The van der Waals surface area contributed by atoms with Gasteiger partial charge in [0.1, 0.15) is 0 Å². The molecule has 1 fully saturated rings. The van der Waals surface area contributed by atoms with Crippen molar-refractivity contribution in [2.24, 2.45) is 0 Å². The SMILES string of the molecule is O=C(c1cn[nH]c1)N1CCC[C@@H](O)C1. The Balaban J connectivity index is 2.04. The van der Waals surface area contributed by atoms with Gasteiger partial charge in [-0.2, -0.15) is 5.10 Å². The zero-order valence-electron chi connectivity index (χ0n) is 7.81. The van der Waals surface area contributed by atoms with Crippen molar-refractivity contribution in [3.05, 3.63) is 18.0 Å². The Labute approximate surface area is 81.7 Å². The fourth-order valence-electron chi connectivity index (χ4n) is 1.69. The Hall–Kier alpha value is -1.36. The minimum absolute atomic E-state index is 0.0579. The van der Waals surface area contributed by atoms with Gasteiger partial charge in [-0.25, -0.2) is 0 Å². The van der Waals surface area contributed by atoms with Crippen molar-refractivity contribution in [2.45, 2.75) is 18.9 Å². The molecule has 1 atom stereocenters. The number of carbonyl (C=O) groups excluding carboxylic acids is 1. The number of carbonyl (C=O) groups is 1. The van der Waals surface area contributed by atoms with Gasteiger partial charge in [0.15, 0.2) is 0 Å². The third-order valence-electron chi connectivity index (χ3n) is 2.43. The molecule has 1 aliphatic heterocycles. The van der Waals surface area contributed by atoms with Gasteiger partial charge >= 0.3 is 0 Å². The molecule has 1 aliphatic rings. The molecular weight excluding hydrogens is 182 g/mol. The standard InChI is InChI=1S/C9H13N3O2/c13-8-2-1-3-12(6-8)9(14)7-4-10-11-5-7/h4-5,8,13H,1-3,6H2,(H,10,11)/t8-/m1/s1. The minimum Gasteiger partial charge on any atom is -0.391 e. The molecule has 5 heteroatoms. The van der Waals surface area contributed by atoms with E-state index in [9.17, 15) is 9.90 Å². The molecule has 2 rings (SSSR count). The number of aromatic amines is 1. The number of amides is 1. The van der Waals surface area contributed by atoms with Crippen molar-refractivity contribution in [3.8, 4) is 0 Å². The molecule has 14 heavy (non-hydrogen) atoms. The molecule has 0 saturated carbocycles. The van der Waals surface area contributed by atoms with Gasteiger partial charge in [-0.3, -0.25) is 9.89 Å². The van der Waals surface area contributed by atoms with Crippen LogP contribution >= 0.6 is 0 Å². The zero-order valence-corrected chi connectivity index (χ0v) is 7.81. The number of aliphatic hydroxyl groups excluding tert-OH is 1. The first-order chi connectivity index (χ1) is 6.77. The van der Waals surface area contributed by atoms with E-state index in [0.29, 0.717) is 12.1 Å². The van der Waals surface area contributed by atoms with Crippen LogP contribution in [0.15, 0.2) is 12.4 Å². The molecule has 1 amide bonds. The Morgan fingerprint density at radius 3 is 3.21 bits per heavy atom. The lowest BCUT2D eigenvalue weighted by Crippen LogP contribution is -2.42. The highest BCUT2D eigenvalue weighted by molar-refractivity contribution is 5.93. The summed E-state index contributed by atoms with van der Waals surface area (Å²) in [6.07, 6.45) is 4.35. The molecule has 0 aliphatic carbocycles. The molecule has 2 N–H and O–H groups in total. The number of hydrogen-bond acceptors (Lipinski definition) is 3. The van der Waals surface area contributed by atoms with Crippen molar-refractivity contribution >= 4 is 5.91 Å². The molecule has 0 bridgehead atoms. The van der Waals surface area contributed by atoms with E-state index in [1.54, 1.807) is 11.1 Å². The minimum atomic E-state index is -0.375. The van der Waals surface area contributed by atoms with Crippen LogP contribution in [0, 0.1) is 0 Å². The molecule has 0 radical (unpaired) electrons. The highest BCUT2D eigenvalue weighted by atomic mass is 16.3. The van der Waals surface area contributed by atoms with Crippen LogP contribution in [0.4, 0.5) is 0 Å². The van der Waals surface area contributed by atoms with Crippen molar-refractivity contribution < 1.29 is 9.90 Å². The van der Waals surface area contributed by atoms with Crippen LogP contribution in [0.5, 0.6) is 0 Å². The molecule has 2 heterocycles. The second-order valence-corrected chi connectivity index (χ2v) is 3.53. The molecular formula is C9H13N3O2. The lowest BCUT2D eigenvalue weighted by molar-refractivity contribution is 0.0474. The number of nitrogens with zero attached hydrogens (tertiary/aromatic N) is 2. The van der Waals surface area contributed by atoms with Crippen molar-refractivity contribution in [2.75, 3.05) is 13.1 Å². The predicted octanol–water partition coefficient (Wildman–Crippen LogP) is 0.00660. The number of piperidine rings is 1. The van der Waals surface area contributed by atoms with E-state index in [1.807, 2.05) is 0 Å². The van der Waals surface area contributed by atoms with Gasteiger partial charge in [0.25, 0.3) is 5.91 Å². The van der Waals surface area contributed by atoms with E-state index in [2.05, 4.69) is 10.2 Å². The fourth-order valence-corrected chi connectivity index (χ4v) is 1.69. The summed E-state index contributed by atoms with van der Waals surface area (Å²) in [5.74, 6) is -0.0579. The number of likely N-dealkylation sites (tertiary alicyclic amines) is 1. The third kappa shape index (κ3) is 1.77. The first-order valence-corrected chi connectivity index (χ1v) is 4.73. The number of aromatic nitrogens is 2. The van der Waals surface area contributed by atoms with Gasteiger partial charge in [0, 0.05) is 19.3 Å². The van der Waals surface area contributed by atoms with Crippen LogP contribution in [0.3, 0.4) is 0 Å². The van der Waals surface area contributed by atoms with Crippen molar-refractivity contribution in [1.29, 1.82) is 0 Å². The van der Waals surface area contributed by atoms with Crippen molar-refractivity contribution in [1.82, 2.24) is 15.1 Å². The normalized spacial score (nSPS) is 22.4. The summed E-state index contributed by atoms with van der Waals surface area (Å²) in [4.78, 5) is 13.4. The van der Waals surface area contributed by atoms with E-state index >= 15 is 0 Å². The Morgan fingerprint density at radius 1 is 1.71 bits per heavy atom. The Bertz CT molecular complexity index is 310. The Morgan fingerprint density at radius 2 is 2.57 bits per heavy atom. The molecule has 0 unspecified atom stereocenters. The van der Waals surface area contributed by atoms with E-state index < -0.39 is 0 Å². The molecule has 76 valence electrons. The van der Waals surface area contributed by atoms with Gasteiger partial charge in [-0.1, -0.05) is 0 Å². The van der Waals surface area contributed by atoms with E-state index in [1.165, 1.54) is 6.20 Å². The second kappa shape index (κ2) is 3.79. The first kappa shape index (κ1) is 9.21. The van der Waals surface area contributed by atoms with Crippen molar-refractivity contribution in [3.63, 3.8) is 0 Å². The van der Waals surface area contributed by atoms with Gasteiger partial charge in [0.05, 0.1) is 17.9 Å². The quantitative estimate of drug-likeness (QED) is 0.663. The van der Waals surface area contributed by atoms with Gasteiger partial charge < -0.3 is 10.0 Å². The molecule has 0 spiro atoms. The highest BCUT2D eigenvalue weighted by Gasteiger charge is 2.23. The molecule has 1 saturated heterocycles. The van der Waals surface area contributed by atoms with Crippen LogP contribution in [-0.2, 0) is 0 Å². The molecule has 0 aromatic carbocycles. The first-order valence-electron chi connectivity index (χ1n) is 4.73. The smallest absolute Gasteiger partial charge is 0.257 e. The average molecular weight is 195 g/mol. The summed E-state index contributed by atoms with van der Waals surface area (Å²) in [6.45, 7) is 1.16. The van der Waals surface area contributed by atoms with Gasteiger partial charge in [-0.05, 0) is 12.8 Å². The molecule has 5 nitrogen and oxygen atoms in total. The lowest BCUT2D eigenvalue weighted by Gasteiger charge is -2.29. The summed E-state index contributed by atoms with van der Waals surface area (Å²) in [5.41, 5.74) is 0.555. The van der Waals surface area contributed by atoms with Gasteiger partial charge in [-0.15, -0.1) is 0 Å². The number of rotatable bonds is 1. The summed E-state index contributed by atoms with van der Waals surface area (Å²) >= 11 is 0. The maximum Gasteiger partial charge on any atom is 0.257 e. The number of hydrogen-bond donors (Lipinski definition) is 2.